The van der Waals surface area contributed by atoms with Crippen molar-refractivity contribution >= 4 is 11.7 Å². The number of carbonyl (C=O) groups is 1. The van der Waals surface area contributed by atoms with Crippen molar-refractivity contribution in [3.05, 3.63) is 29.8 Å². The number of amides is 2. The first-order valence-corrected chi connectivity index (χ1v) is 7.42. The van der Waals surface area contributed by atoms with E-state index < -0.39 is 0 Å². The maximum atomic E-state index is 11.9. The quantitative estimate of drug-likeness (QED) is 0.920. The molecule has 4 heteroatoms. The Kier molecular flexibility index (Phi) is 4.88. The first-order chi connectivity index (χ1) is 9.61. The molecule has 0 spiro atoms. The number of hydrogen-bond donors (Lipinski definition) is 1. The van der Waals surface area contributed by atoms with E-state index in [1.54, 1.807) is 4.90 Å². The molecule has 0 saturated carbocycles. The number of rotatable bonds is 3. The van der Waals surface area contributed by atoms with Crippen molar-refractivity contribution in [2.75, 3.05) is 32.5 Å². The van der Waals surface area contributed by atoms with Crippen molar-refractivity contribution in [1.29, 1.82) is 0 Å². The number of anilines is 1. The molecule has 1 aliphatic heterocycles. The molecule has 0 aromatic heterocycles. The molecule has 1 N–H and O–H groups in total. The number of nitrogens with one attached hydrogen (secondary N) is 1. The molecule has 2 rings (SSSR count). The van der Waals surface area contributed by atoms with Crippen LogP contribution in [0.4, 0.5) is 10.5 Å². The van der Waals surface area contributed by atoms with E-state index >= 15 is 0 Å². The average molecular weight is 275 g/mol. The maximum absolute atomic E-state index is 11.9. The lowest BCUT2D eigenvalue weighted by Crippen LogP contribution is -2.46. The number of carbonyl (C=O) groups excluding carboxylic acids is 1. The summed E-state index contributed by atoms with van der Waals surface area (Å²) >= 11 is 0. The molecule has 0 unspecified atom stereocenters. The number of benzene rings is 1. The van der Waals surface area contributed by atoms with Crippen LogP contribution in [0.5, 0.6) is 0 Å². The summed E-state index contributed by atoms with van der Waals surface area (Å²) in [6, 6.07) is 9.07. The molecule has 4 nitrogen and oxygen atoms in total. The number of aryl methyl sites for hydroxylation is 1. The van der Waals surface area contributed by atoms with Crippen LogP contribution in [0.2, 0.25) is 0 Å². The molecule has 1 aliphatic rings. The van der Waals surface area contributed by atoms with Crippen LogP contribution in [0.1, 0.15) is 25.3 Å². The second kappa shape index (κ2) is 6.64. The van der Waals surface area contributed by atoms with Gasteiger partial charge in [-0.3, -0.25) is 0 Å². The lowest BCUT2D eigenvalue weighted by molar-refractivity contribution is 0.158. The van der Waals surface area contributed by atoms with E-state index in [0.29, 0.717) is 6.04 Å². The molecule has 1 fully saturated rings. The van der Waals surface area contributed by atoms with Crippen LogP contribution in [-0.2, 0) is 6.42 Å². The normalized spacial score (nSPS) is 16.1. The van der Waals surface area contributed by atoms with Gasteiger partial charge in [0.25, 0.3) is 0 Å². The Morgan fingerprint density at radius 3 is 2.55 bits per heavy atom. The van der Waals surface area contributed by atoms with Crippen LogP contribution >= 0.6 is 0 Å². The van der Waals surface area contributed by atoms with Crippen molar-refractivity contribution in [3.8, 4) is 0 Å². The fraction of sp³-hybridized carbons (Fsp3) is 0.562. The largest absolute Gasteiger partial charge is 0.382 e. The molecule has 0 aliphatic carbocycles. The summed E-state index contributed by atoms with van der Waals surface area (Å²) in [6.45, 7) is 3.85. The fourth-order valence-corrected chi connectivity index (χ4v) is 2.69. The van der Waals surface area contributed by atoms with Crippen molar-refractivity contribution in [2.24, 2.45) is 0 Å². The highest BCUT2D eigenvalue weighted by molar-refractivity contribution is 5.73. The third-order valence-corrected chi connectivity index (χ3v) is 3.91. The van der Waals surface area contributed by atoms with Crippen LogP contribution < -0.4 is 5.32 Å². The Balaban J connectivity index is 1.90. The SMILES string of the molecule is CCc1ccccc1NC1CCN(C(=O)N(C)C)CC1. The van der Waals surface area contributed by atoms with Gasteiger partial charge in [-0.25, -0.2) is 4.79 Å². The highest BCUT2D eigenvalue weighted by atomic mass is 16.2. The van der Waals surface area contributed by atoms with Gasteiger partial charge in [-0.2, -0.15) is 0 Å². The Morgan fingerprint density at radius 2 is 1.95 bits per heavy atom. The Hall–Kier alpha value is -1.71. The minimum absolute atomic E-state index is 0.123. The molecule has 0 bridgehead atoms. The second-order valence-electron chi connectivity index (χ2n) is 5.59. The molecule has 1 aromatic carbocycles. The Labute approximate surface area is 121 Å². The molecule has 110 valence electrons. The minimum atomic E-state index is 0.123. The second-order valence-corrected chi connectivity index (χ2v) is 5.59. The van der Waals surface area contributed by atoms with E-state index in [4.69, 9.17) is 0 Å². The van der Waals surface area contributed by atoms with Gasteiger partial charge in [0, 0.05) is 38.9 Å². The van der Waals surface area contributed by atoms with Crippen molar-refractivity contribution in [3.63, 3.8) is 0 Å². The fourth-order valence-electron chi connectivity index (χ4n) is 2.69. The Morgan fingerprint density at radius 1 is 1.30 bits per heavy atom. The molecular weight excluding hydrogens is 250 g/mol. The summed E-state index contributed by atoms with van der Waals surface area (Å²) in [5.74, 6) is 0. The number of hydrogen-bond acceptors (Lipinski definition) is 2. The van der Waals surface area contributed by atoms with Crippen LogP contribution in [0, 0.1) is 0 Å². The third-order valence-electron chi connectivity index (χ3n) is 3.91. The average Bonchev–Trinajstić information content (AvgIpc) is 2.48. The van der Waals surface area contributed by atoms with Crippen molar-refractivity contribution in [2.45, 2.75) is 32.2 Å². The lowest BCUT2D eigenvalue weighted by Gasteiger charge is -2.34. The van der Waals surface area contributed by atoms with E-state index in [0.717, 1.165) is 32.4 Å². The third kappa shape index (κ3) is 3.44. The molecule has 1 saturated heterocycles. The summed E-state index contributed by atoms with van der Waals surface area (Å²) in [5, 5.41) is 3.64. The number of likely N-dealkylation sites (tertiary alicyclic amines) is 1. The standard InChI is InChI=1S/C16H25N3O/c1-4-13-7-5-6-8-15(13)17-14-9-11-19(12-10-14)16(20)18(2)3/h5-8,14,17H,4,9-12H2,1-3H3. The number of urea groups is 1. The van der Waals surface area contributed by atoms with Gasteiger partial charge >= 0.3 is 6.03 Å². The zero-order valence-electron chi connectivity index (χ0n) is 12.7. The zero-order valence-corrected chi connectivity index (χ0v) is 12.7. The monoisotopic (exact) mass is 275 g/mol. The van der Waals surface area contributed by atoms with Gasteiger partial charge in [0.2, 0.25) is 0 Å². The minimum Gasteiger partial charge on any atom is -0.382 e. The smallest absolute Gasteiger partial charge is 0.319 e. The van der Waals surface area contributed by atoms with E-state index in [-0.39, 0.29) is 6.03 Å². The number of piperidine rings is 1. The summed E-state index contributed by atoms with van der Waals surface area (Å²) in [6.07, 6.45) is 3.07. The highest BCUT2D eigenvalue weighted by Crippen LogP contribution is 2.21. The molecule has 1 aromatic rings. The topological polar surface area (TPSA) is 35.6 Å². The van der Waals surface area contributed by atoms with Gasteiger partial charge in [0.15, 0.2) is 0 Å². The first-order valence-electron chi connectivity index (χ1n) is 7.42. The van der Waals surface area contributed by atoms with E-state index in [2.05, 4.69) is 36.5 Å². The van der Waals surface area contributed by atoms with Crippen molar-refractivity contribution in [1.82, 2.24) is 9.80 Å². The van der Waals surface area contributed by atoms with Gasteiger partial charge in [-0.05, 0) is 30.9 Å². The zero-order chi connectivity index (χ0) is 14.5. The van der Waals surface area contributed by atoms with E-state index in [1.807, 2.05) is 19.0 Å². The maximum Gasteiger partial charge on any atom is 0.319 e. The van der Waals surface area contributed by atoms with Gasteiger partial charge in [0.05, 0.1) is 0 Å². The van der Waals surface area contributed by atoms with Gasteiger partial charge < -0.3 is 15.1 Å². The molecule has 0 radical (unpaired) electrons. The van der Waals surface area contributed by atoms with Crippen molar-refractivity contribution < 1.29 is 4.79 Å². The highest BCUT2D eigenvalue weighted by Gasteiger charge is 2.23. The number of nitrogens with zero attached hydrogens (tertiary/aromatic N) is 2. The van der Waals surface area contributed by atoms with Gasteiger partial charge in [0.1, 0.15) is 0 Å². The van der Waals surface area contributed by atoms with Crippen LogP contribution in [0.25, 0.3) is 0 Å². The van der Waals surface area contributed by atoms with E-state index in [1.165, 1.54) is 11.3 Å². The predicted molar refractivity (Wildman–Crippen MR) is 83.1 cm³/mol. The van der Waals surface area contributed by atoms with Crippen LogP contribution in [0.3, 0.4) is 0 Å². The van der Waals surface area contributed by atoms with Crippen LogP contribution in [-0.4, -0.2) is 49.1 Å². The summed E-state index contributed by atoms with van der Waals surface area (Å²) in [7, 11) is 3.62. The Bertz CT molecular complexity index is 451. The molecule has 0 atom stereocenters. The lowest BCUT2D eigenvalue weighted by atomic mass is 10.0. The molecule has 2 amide bonds. The summed E-state index contributed by atoms with van der Waals surface area (Å²) in [4.78, 5) is 15.5. The van der Waals surface area contributed by atoms with Crippen LogP contribution in [0.15, 0.2) is 24.3 Å². The van der Waals surface area contributed by atoms with E-state index in [9.17, 15) is 4.79 Å². The molecule has 20 heavy (non-hydrogen) atoms. The number of para-hydroxylation sites is 1. The summed E-state index contributed by atoms with van der Waals surface area (Å²) < 4.78 is 0. The van der Waals surface area contributed by atoms with Gasteiger partial charge in [-0.15, -0.1) is 0 Å². The first kappa shape index (κ1) is 14.7. The molecular formula is C16H25N3O. The van der Waals surface area contributed by atoms with Gasteiger partial charge in [-0.1, -0.05) is 25.1 Å². The summed E-state index contributed by atoms with van der Waals surface area (Å²) in [5.41, 5.74) is 2.60. The predicted octanol–water partition coefficient (Wildman–Crippen LogP) is 2.81. The molecule has 1 heterocycles.